The third-order valence-electron chi connectivity index (χ3n) is 3.05. The Morgan fingerprint density at radius 1 is 1.36 bits per heavy atom. The van der Waals surface area contributed by atoms with Gasteiger partial charge in [0.2, 0.25) is 0 Å². The molecule has 0 aliphatic carbocycles. The molecule has 0 unspecified atom stereocenters. The fourth-order valence-electron chi connectivity index (χ4n) is 2.06. The van der Waals surface area contributed by atoms with E-state index < -0.39 is 0 Å². The predicted molar refractivity (Wildman–Crippen MR) is 61.7 cm³/mol. The monoisotopic (exact) mass is 199 g/mol. The van der Waals surface area contributed by atoms with Crippen molar-refractivity contribution in [3.63, 3.8) is 0 Å². The Balaban J connectivity index is 2.04. The van der Waals surface area contributed by atoms with Crippen molar-refractivity contribution in [1.82, 2.24) is 15.5 Å². The van der Waals surface area contributed by atoms with Crippen molar-refractivity contribution < 1.29 is 0 Å². The van der Waals surface area contributed by atoms with Crippen LogP contribution in [0.3, 0.4) is 0 Å². The first-order valence-corrected chi connectivity index (χ1v) is 5.96. The van der Waals surface area contributed by atoms with Crippen LogP contribution in [0.15, 0.2) is 0 Å². The van der Waals surface area contributed by atoms with E-state index in [0.717, 1.165) is 19.1 Å². The second-order valence-corrected chi connectivity index (χ2v) is 4.17. The Bertz CT molecular complexity index is 132. The lowest BCUT2D eigenvalue weighted by atomic mass is 10.1. The Kier molecular flexibility index (Phi) is 6.15. The second-order valence-electron chi connectivity index (χ2n) is 4.17. The molecule has 0 aromatic carbocycles. The molecule has 1 heterocycles. The van der Waals surface area contributed by atoms with Crippen molar-refractivity contribution >= 4 is 0 Å². The third-order valence-corrected chi connectivity index (χ3v) is 3.05. The summed E-state index contributed by atoms with van der Waals surface area (Å²) in [6, 6.07) is 0.817. The van der Waals surface area contributed by atoms with Gasteiger partial charge in [0.1, 0.15) is 0 Å². The maximum atomic E-state index is 3.41. The van der Waals surface area contributed by atoms with Crippen molar-refractivity contribution in [1.29, 1.82) is 0 Å². The molecule has 0 spiro atoms. The first-order valence-electron chi connectivity index (χ1n) is 5.96. The van der Waals surface area contributed by atoms with Crippen LogP contribution in [-0.4, -0.2) is 50.7 Å². The SMILES string of the molecule is CCNCCCN(C)C1CCNCC1. The van der Waals surface area contributed by atoms with Gasteiger partial charge in [-0.25, -0.2) is 0 Å². The number of hydrogen-bond donors (Lipinski definition) is 2. The summed E-state index contributed by atoms with van der Waals surface area (Å²) in [5.41, 5.74) is 0. The number of nitrogens with one attached hydrogen (secondary N) is 2. The molecule has 3 nitrogen and oxygen atoms in total. The zero-order valence-corrected chi connectivity index (χ0v) is 9.68. The van der Waals surface area contributed by atoms with E-state index in [1.165, 1.54) is 38.9 Å². The first-order chi connectivity index (χ1) is 6.84. The van der Waals surface area contributed by atoms with Gasteiger partial charge in [0.15, 0.2) is 0 Å². The molecule has 1 aliphatic rings. The van der Waals surface area contributed by atoms with E-state index in [1.54, 1.807) is 0 Å². The Hall–Kier alpha value is -0.120. The Morgan fingerprint density at radius 3 is 2.71 bits per heavy atom. The molecular formula is C11H25N3. The Labute approximate surface area is 88.2 Å². The van der Waals surface area contributed by atoms with Gasteiger partial charge in [0, 0.05) is 6.04 Å². The molecule has 0 atom stereocenters. The molecular weight excluding hydrogens is 174 g/mol. The van der Waals surface area contributed by atoms with Crippen LogP contribution in [0.4, 0.5) is 0 Å². The smallest absolute Gasteiger partial charge is 0.0116 e. The van der Waals surface area contributed by atoms with Gasteiger partial charge in [-0.15, -0.1) is 0 Å². The minimum atomic E-state index is 0.817. The van der Waals surface area contributed by atoms with Gasteiger partial charge in [-0.3, -0.25) is 0 Å². The number of hydrogen-bond acceptors (Lipinski definition) is 3. The quantitative estimate of drug-likeness (QED) is 0.616. The molecule has 3 heteroatoms. The van der Waals surface area contributed by atoms with E-state index in [4.69, 9.17) is 0 Å². The topological polar surface area (TPSA) is 27.3 Å². The van der Waals surface area contributed by atoms with Crippen molar-refractivity contribution in [2.24, 2.45) is 0 Å². The third kappa shape index (κ3) is 4.40. The van der Waals surface area contributed by atoms with Crippen LogP contribution in [0.25, 0.3) is 0 Å². The van der Waals surface area contributed by atoms with E-state index in [9.17, 15) is 0 Å². The van der Waals surface area contributed by atoms with Gasteiger partial charge < -0.3 is 15.5 Å². The van der Waals surface area contributed by atoms with Gasteiger partial charge in [-0.05, 0) is 59.0 Å². The van der Waals surface area contributed by atoms with Crippen molar-refractivity contribution in [2.45, 2.75) is 32.2 Å². The first kappa shape index (κ1) is 12.0. The number of nitrogens with zero attached hydrogens (tertiary/aromatic N) is 1. The molecule has 0 amide bonds. The fraction of sp³-hybridized carbons (Fsp3) is 1.00. The molecule has 1 rings (SSSR count). The van der Waals surface area contributed by atoms with Crippen LogP contribution in [0.1, 0.15) is 26.2 Å². The van der Waals surface area contributed by atoms with Crippen molar-refractivity contribution in [3.8, 4) is 0 Å². The maximum Gasteiger partial charge on any atom is 0.0116 e. The highest BCUT2D eigenvalue weighted by atomic mass is 15.1. The fourth-order valence-corrected chi connectivity index (χ4v) is 2.06. The highest BCUT2D eigenvalue weighted by Gasteiger charge is 2.16. The summed E-state index contributed by atoms with van der Waals surface area (Å²) in [5, 5.41) is 6.77. The molecule has 0 bridgehead atoms. The molecule has 84 valence electrons. The summed E-state index contributed by atoms with van der Waals surface area (Å²) >= 11 is 0. The van der Waals surface area contributed by atoms with Crippen LogP contribution in [0.2, 0.25) is 0 Å². The van der Waals surface area contributed by atoms with Crippen LogP contribution in [0.5, 0.6) is 0 Å². The molecule has 1 aliphatic heterocycles. The zero-order chi connectivity index (χ0) is 10.2. The van der Waals surface area contributed by atoms with Gasteiger partial charge in [-0.1, -0.05) is 6.92 Å². The van der Waals surface area contributed by atoms with Crippen LogP contribution in [0, 0.1) is 0 Å². The summed E-state index contributed by atoms with van der Waals surface area (Å²) in [6.45, 7) is 8.04. The normalized spacial score (nSPS) is 19.1. The number of rotatable bonds is 6. The molecule has 1 saturated heterocycles. The van der Waals surface area contributed by atoms with Gasteiger partial charge >= 0.3 is 0 Å². The van der Waals surface area contributed by atoms with Crippen LogP contribution in [-0.2, 0) is 0 Å². The zero-order valence-electron chi connectivity index (χ0n) is 9.68. The van der Waals surface area contributed by atoms with E-state index in [1.807, 2.05) is 0 Å². The summed E-state index contributed by atoms with van der Waals surface area (Å²) in [6.07, 6.45) is 3.91. The molecule has 0 saturated carbocycles. The highest BCUT2D eigenvalue weighted by molar-refractivity contribution is 4.75. The summed E-state index contributed by atoms with van der Waals surface area (Å²) < 4.78 is 0. The van der Waals surface area contributed by atoms with Crippen LogP contribution < -0.4 is 10.6 Å². The van der Waals surface area contributed by atoms with E-state index in [0.29, 0.717) is 0 Å². The lowest BCUT2D eigenvalue weighted by molar-refractivity contribution is 0.197. The number of piperidine rings is 1. The largest absolute Gasteiger partial charge is 0.317 e. The average molecular weight is 199 g/mol. The standard InChI is InChI=1S/C11H25N3/c1-3-12-7-4-10-14(2)11-5-8-13-9-6-11/h11-13H,3-10H2,1-2H3. The van der Waals surface area contributed by atoms with Crippen molar-refractivity contribution in [2.75, 3.05) is 39.8 Å². The predicted octanol–water partition coefficient (Wildman–Crippen LogP) is 0.670. The summed E-state index contributed by atoms with van der Waals surface area (Å²) in [5.74, 6) is 0. The minimum absolute atomic E-state index is 0.817. The highest BCUT2D eigenvalue weighted by Crippen LogP contribution is 2.09. The van der Waals surface area contributed by atoms with Crippen molar-refractivity contribution in [3.05, 3.63) is 0 Å². The summed E-state index contributed by atoms with van der Waals surface area (Å²) in [7, 11) is 2.27. The lowest BCUT2D eigenvalue weighted by Gasteiger charge is -2.31. The van der Waals surface area contributed by atoms with Gasteiger partial charge in [-0.2, -0.15) is 0 Å². The Morgan fingerprint density at radius 2 is 2.07 bits per heavy atom. The molecule has 0 aromatic rings. The lowest BCUT2D eigenvalue weighted by Crippen LogP contribution is -2.41. The molecule has 2 N–H and O–H groups in total. The summed E-state index contributed by atoms with van der Waals surface area (Å²) in [4.78, 5) is 2.53. The molecule has 0 aromatic heterocycles. The minimum Gasteiger partial charge on any atom is -0.317 e. The van der Waals surface area contributed by atoms with E-state index >= 15 is 0 Å². The van der Waals surface area contributed by atoms with Gasteiger partial charge in [0.05, 0.1) is 0 Å². The average Bonchev–Trinajstić information content (AvgIpc) is 2.25. The molecule has 14 heavy (non-hydrogen) atoms. The molecule has 1 fully saturated rings. The van der Waals surface area contributed by atoms with E-state index in [-0.39, 0.29) is 0 Å². The second kappa shape index (κ2) is 7.21. The van der Waals surface area contributed by atoms with E-state index in [2.05, 4.69) is 29.5 Å². The molecule has 0 radical (unpaired) electrons. The van der Waals surface area contributed by atoms with Crippen LogP contribution >= 0.6 is 0 Å². The maximum absolute atomic E-state index is 3.41. The van der Waals surface area contributed by atoms with Gasteiger partial charge in [0.25, 0.3) is 0 Å².